The molecule has 0 unspecified atom stereocenters. The highest BCUT2D eigenvalue weighted by Gasteiger charge is 2.41. The third-order valence-electron chi connectivity index (χ3n) is 5.37. The van der Waals surface area contributed by atoms with Crippen LogP contribution in [-0.4, -0.2) is 32.5 Å². The zero-order valence-electron chi connectivity index (χ0n) is 15.2. The fraction of sp³-hybridized carbons (Fsp3) is 0.350. The Bertz CT molecular complexity index is 984. The van der Waals surface area contributed by atoms with Gasteiger partial charge in [-0.15, -0.1) is 0 Å². The van der Waals surface area contributed by atoms with E-state index in [0.717, 1.165) is 12.1 Å². The van der Waals surface area contributed by atoms with Gasteiger partial charge in [0.25, 0.3) is 5.91 Å². The molecule has 148 valence electrons. The van der Waals surface area contributed by atoms with Gasteiger partial charge in [0.1, 0.15) is 17.2 Å². The van der Waals surface area contributed by atoms with Gasteiger partial charge in [0.2, 0.25) is 10.0 Å². The van der Waals surface area contributed by atoms with Gasteiger partial charge >= 0.3 is 0 Å². The van der Waals surface area contributed by atoms with E-state index in [1.165, 1.54) is 12.1 Å². The van der Waals surface area contributed by atoms with Gasteiger partial charge in [-0.1, -0.05) is 12.1 Å². The number of amides is 1. The molecule has 8 heteroatoms. The van der Waals surface area contributed by atoms with Crippen molar-refractivity contribution in [2.75, 3.05) is 6.54 Å². The summed E-state index contributed by atoms with van der Waals surface area (Å²) in [6, 6.07) is 11.7. The number of carbonyl (C=O) groups excluding carboxylic acids is 1. The number of ether oxygens (including phenoxy) is 1. The Balaban J connectivity index is 1.45. The summed E-state index contributed by atoms with van der Waals surface area (Å²) in [5, 5.41) is 2.92. The zero-order valence-corrected chi connectivity index (χ0v) is 16.0. The molecule has 0 aromatic heterocycles. The minimum Gasteiger partial charge on any atom is -0.485 e. The summed E-state index contributed by atoms with van der Waals surface area (Å²) in [6.45, 7) is 0.387. The van der Waals surface area contributed by atoms with Crippen LogP contribution in [0.5, 0.6) is 5.75 Å². The van der Waals surface area contributed by atoms with E-state index >= 15 is 0 Å². The third kappa shape index (κ3) is 3.74. The first kappa shape index (κ1) is 18.9. The lowest BCUT2D eigenvalue weighted by Gasteiger charge is -2.39. The number of fused-ring (bicyclic) bond motifs is 1. The molecule has 1 amide bonds. The molecule has 0 saturated heterocycles. The standard InChI is InChI=1S/C20H21FN2O4S/c21-14-5-7-16(8-6-14)28(25,26)23-15-9-11-20(12-10-15)13-22-19(24)17-3-1-2-4-18(17)27-20/h1-8,15,23H,9-13H2,(H,22,24). The first-order valence-electron chi connectivity index (χ1n) is 9.21. The molecule has 1 heterocycles. The average molecular weight is 404 g/mol. The fourth-order valence-corrected chi connectivity index (χ4v) is 5.10. The molecule has 2 aliphatic rings. The van der Waals surface area contributed by atoms with Gasteiger partial charge in [-0.05, 0) is 62.1 Å². The molecule has 2 N–H and O–H groups in total. The lowest BCUT2D eigenvalue weighted by Crippen LogP contribution is -2.51. The Labute approximate surface area is 163 Å². The first-order chi connectivity index (χ1) is 13.4. The summed E-state index contributed by atoms with van der Waals surface area (Å²) >= 11 is 0. The van der Waals surface area contributed by atoms with Crippen LogP contribution < -0.4 is 14.8 Å². The van der Waals surface area contributed by atoms with Crippen LogP contribution in [-0.2, 0) is 10.0 Å². The molecule has 2 aromatic carbocycles. The van der Waals surface area contributed by atoms with Crippen molar-refractivity contribution < 1.29 is 22.3 Å². The van der Waals surface area contributed by atoms with Crippen molar-refractivity contribution in [1.29, 1.82) is 0 Å². The second-order valence-corrected chi connectivity index (χ2v) is 9.03. The van der Waals surface area contributed by atoms with Crippen molar-refractivity contribution in [3.05, 3.63) is 59.9 Å². The number of carbonyl (C=O) groups is 1. The van der Waals surface area contributed by atoms with Crippen LogP contribution in [0.2, 0.25) is 0 Å². The minimum atomic E-state index is -3.71. The maximum atomic E-state index is 13.0. The summed E-state index contributed by atoms with van der Waals surface area (Å²) in [7, 11) is -3.71. The summed E-state index contributed by atoms with van der Waals surface area (Å²) in [5.74, 6) is -0.0825. The van der Waals surface area contributed by atoms with Crippen LogP contribution in [0.1, 0.15) is 36.0 Å². The van der Waals surface area contributed by atoms with Crippen LogP contribution in [0, 0.1) is 5.82 Å². The molecule has 1 fully saturated rings. The topological polar surface area (TPSA) is 84.5 Å². The molecule has 0 radical (unpaired) electrons. The molecular weight excluding hydrogens is 383 g/mol. The quantitative estimate of drug-likeness (QED) is 0.824. The monoisotopic (exact) mass is 404 g/mol. The second kappa shape index (κ2) is 7.18. The maximum absolute atomic E-state index is 13.0. The van der Waals surface area contributed by atoms with Gasteiger partial charge < -0.3 is 10.1 Å². The fourth-order valence-electron chi connectivity index (χ4n) is 3.79. The van der Waals surface area contributed by atoms with E-state index in [0.29, 0.717) is 43.5 Å². The van der Waals surface area contributed by atoms with E-state index in [-0.39, 0.29) is 16.8 Å². The third-order valence-corrected chi connectivity index (χ3v) is 6.91. The number of rotatable bonds is 3. The number of sulfonamides is 1. The Morgan fingerprint density at radius 1 is 1.07 bits per heavy atom. The van der Waals surface area contributed by atoms with Crippen molar-refractivity contribution in [1.82, 2.24) is 10.0 Å². The Morgan fingerprint density at radius 2 is 1.75 bits per heavy atom. The minimum absolute atomic E-state index is 0.0427. The van der Waals surface area contributed by atoms with Gasteiger partial charge in [0, 0.05) is 6.04 Å². The number of halogens is 1. The summed E-state index contributed by atoms with van der Waals surface area (Å²) in [6.07, 6.45) is 2.38. The van der Waals surface area contributed by atoms with Gasteiger partial charge in [-0.2, -0.15) is 0 Å². The van der Waals surface area contributed by atoms with Gasteiger partial charge in [0.15, 0.2) is 0 Å². The van der Waals surface area contributed by atoms with E-state index in [1.807, 2.05) is 6.07 Å². The van der Waals surface area contributed by atoms with Crippen molar-refractivity contribution in [3.63, 3.8) is 0 Å². The summed E-state index contributed by atoms with van der Waals surface area (Å²) in [5.41, 5.74) is -0.0291. The van der Waals surface area contributed by atoms with Crippen LogP contribution in [0.4, 0.5) is 4.39 Å². The van der Waals surface area contributed by atoms with Crippen molar-refractivity contribution in [2.45, 2.75) is 42.2 Å². The number of hydrogen-bond donors (Lipinski definition) is 2. The molecule has 0 bridgehead atoms. The lowest BCUT2D eigenvalue weighted by molar-refractivity contribution is 0.0287. The van der Waals surface area contributed by atoms with E-state index in [1.54, 1.807) is 18.2 Å². The van der Waals surface area contributed by atoms with Crippen LogP contribution in [0.3, 0.4) is 0 Å². The summed E-state index contributed by atoms with van der Waals surface area (Å²) < 4.78 is 47.0. The molecular formula is C20H21FN2O4S. The van der Waals surface area contributed by atoms with Crippen molar-refractivity contribution in [3.8, 4) is 5.75 Å². The molecule has 1 saturated carbocycles. The maximum Gasteiger partial charge on any atom is 0.255 e. The first-order valence-corrected chi connectivity index (χ1v) is 10.7. The van der Waals surface area contributed by atoms with E-state index in [2.05, 4.69) is 10.0 Å². The van der Waals surface area contributed by atoms with Gasteiger partial charge in [0.05, 0.1) is 17.0 Å². The highest BCUT2D eigenvalue weighted by molar-refractivity contribution is 7.89. The highest BCUT2D eigenvalue weighted by atomic mass is 32.2. The molecule has 1 aliphatic heterocycles. The predicted octanol–water partition coefficient (Wildman–Crippen LogP) is 2.61. The predicted molar refractivity (Wildman–Crippen MR) is 101 cm³/mol. The van der Waals surface area contributed by atoms with Crippen LogP contribution >= 0.6 is 0 Å². The molecule has 28 heavy (non-hydrogen) atoms. The van der Waals surface area contributed by atoms with Crippen LogP contribution in [0.15, 0.2) is 53.4 Å². The normalized spacial score (nSPS) is 24.8. The van der Waals surface area contributed by atoms with Crippen molar-refractivity contribution >= 4 is 15.9 Å². The van der Waals surface area contributed by atoms with Crippen LogP contribution in [0.25, 0.3) is 0 Å². The molecule has 2 aromatic rings. The molecule has 4 rings (SSSR count). The van der Waals surface area contributed by atoms with E-state index < -0.39 is 21.4 Å². The summed E-state index contributed by atoms with van der Waals surface area (Å²) in [4.78, 5) is 12.3. The average Bonchev–Trinajstić information content (AvgIpc) is 2.81. The molecule has 0 atom stereocenters. The Kier molecular flexibility index (Phi) is 4.84. The zero-order chi connectivity index (χ0) is 19.8. The smallest absolute Gasteiger partial charge is 0.255 e. The lowest BCUT2D eigenvalue weighted by atomic mass is 9.82. The van der Waals surface area contributed by atoms with E-state index in [4.69, 9.17) is 4.74 Å². The number of para-hydroxylation sites is 1. The number of benzene rings is 2. The Hall–Kier alpha value is -2.45. The Morgan fingerprint density at radius 3 is 2.46 bits per heavy atom. The number of nitrogens with one attached hydrogen (secondary N) is 2. The SMILES string of the molecule is O=C1NCC2(CCC(NS(=O)(=O)c3ccc(F)cc3)CC2)Oc2ccccc21. The molecule has 1 spiro atoms. The largest absolute Gasteiger partial charge is 0.485 e. The molecule has 1 aliphatic carbocycles. The van der Waals surface area contributed by atoms with Gasteiger partial charge in [-0.3, -0.25) is 4.79 Å². The van der Waals surface area contributed by atoms with Crippen molar-refractivity contribution in [2.24, 2.45) is 0 Å². The van der Waals surface area contributed by atoms with E-state index in [9.17, 15) is 17.6 Å². The second-order valence-electron chi connectivity index (χ2n) is 7.31. The number of hydrogen-bond acceptors (Lipinski definition) is 4. The van der Waals surface area contributed by atoms with Gasteiger partial charge in [-0.25, -0.2) is 17.5 Å². The molecule has 6 nitrogen and oxygen atoms in total. The highest BCUT2D eigenvalue weighted by Crippen LogP contribution is 2.36.